The Morgan fingerprint density at radius 1 is 1.00 bits per heavy atom. The van der Waals surface area contributed by atoms with Gasteiger partial charge >= 0.3 is 0 Å². The third kappa shape index (κ3) is 4.52. The molecule has 0 radical (unpaired) electrons. The van der Waals surface area contributed by atoms with Crippen LogP contribution in [0.4, 0.5) is 0 Å². The molecule has 2 rings (SSSR count). The van der Waals surface area contributed by atoms with Gasteiger partial charge in [-0.25, -0.2) is 0 Å². The Hall–Kier alpha value is -1.61. The molecule has 2 nitrogen and oxygen atoms in total. The molecule has 0 saturated carbocycles. The molecule has 1 N–H and O–H groups in total. The zero-order valence-corrected chi connectivity index (χ0v) is 12.2. The fourth-order valence-electron chi connectivity index (χ4n) is 1.83. The van der Waals surface area contributed by atoms with Crippen molar-refractivity contribution in [1.29, 1.82) is 0 Å². The first kappa shape index (κ1) is 13.8. The van der Waals surface area contributed by atoms with Crippen molar-refractivity contribution < 1.29 is 4.79 Å². The molecular formula is C16H16BrNO. The number of halogens is 1. The molecule has 0 saturated heterocycles. The van der Waals surface area contributed by atoms with E-state index < -0.39 is 0 Å². The Balaban J connectivity index is 1.78. The molecule has 0 heterocycles. The van der Waals surface area contributed by atoms with Crippen LogP contribution >= 0.6 is 15.9 Å². The van der Waals surface area contributed by atoms with Crippen molar-refractivity contribution in [2.45, 2.75) is 19.4 Å². The van der Waals surface area contributed by atoms with Crippen LogP contribution in [0.15, 0.2) is 59.1 Å². The lowest BCUT2D eigenvalue weighted by molar-refractivity contribution is -0.121. The van der Waals surface area contributed by atoms with Crippen LogP contribution in [0, 0.1) is 0 Å². The summed E-state index contributed by atoms with van der Waals surface area (Å²) in [6.45, 7) is 0.593. The summed E-state index contributed by atoms with van der Waals surface area (Å²) in [6.07, 6.45) is 1.26. The van der Waals surface area contributed by atoms with Gasteiger partial charge in [0.15, 0.2) is 0 Å². The lowest BCUT2D eigenvalue weighted by Crippen LogP contribution is -2.22. The van der Waals surface area contributed by atoms with Crippen molar-refractivity contribution in [3.63, 3.8) is 0 Å². The Morgan fingerprint density at radius 2 is 1.68 bits per heavy atom. The Labute approximate surface area is 122 Å². The SMILES string of the molecule is O=C(CCc1ccccc1Br)NCc1ccccc1. The van der Waals surface area contributed by atoms with Crippen molar-refractivity contribution in [3.05, 3.63) is 70.2 Å². The normalized spacial score (nSPS) is 10.2. The van der Waals surface area contributed by atoms with Crippen molar-refractivity contribution >= 4 is 21.8 Å². The molecule has 2 aromatic carbocycles. The minimum absolute atomic E-state index is 0.0830. The van der Waals surface area contributed by atoms with Gasteiger partial charge in [0, 0.05) is 17.4 Å². The van der Waals surface area contributed by atoms with E-state index in [2.05, 4.69) is 21.2 Å². The number of amides is 1. The summed E-state index contributed by atoms with van der Waals surface area (Å²) in [5, 5.41) is 2.93. The van der Waals surface area contributed by atoms with Gasteiger partial charge in [-0.15, -0.1) is 0 Å². The first-order chi connectivity index (χ1) is 9.25. The largest absolute Gasteiger partial charge is 0.352 e. The zero-order chi connectivity index (χ0) is 13.5. The van der Waals surface area contributed by atoms with Crippen LogP contribution in [-0.2, 0) is 17.8 Å². The van der Waals surface area contributed by atoms with Gasteiger partial charge in [0.1, 0.15) is 0 Å². The van der Waals surface area contributed by atoms with E-state index in [1.165, 1.54) is 0 Å². The highest BCUT2D eigenvalue weighted by Gasteiger charge is 2.04. The average Bonchev–Trinajstić information content (AvgIpc) is 2.45. The van der Waals surface area contributed by atoms with Gasteiger partial charge in [-0.2, -0.15) is 0 Å². The van der Waals surface area contributed by atoms with Gasteiger partial charge in [-0.3, -0.25) is 4.79 Å². The van der Waals surface area contributed by atoms with E-state index in [-0.39, 0.29) is 5.91 Å². The van der Waals surface area contributed by atoms with Crippen LogP contribution in [0.3, 0.4) is 0 Å². The van der Waals surface area contributed by atoms with Crippen molar-refractivity contribution in [2.75, 3.05) is 0 Å². The summed E-state index contributed by atoms with van der Waals surface area (Å²) in [5.74, 6) is 0.0830. The molecule has 0 spiro atoms. The summed E-state index contributed by atoms with van der Waals surface area (Å²) in [4.78, 5) is 11.8. The Bertz CT molecular complexity index is 539. The molecule has 0 atom stereocenters. The maximum absolute atomic E-state index is 11.8. The van der Waals surface area contributed by atoms with E-state index in [1.807, 2.05) is 54.6 Å². The maximum atomic E-state index is 11.8. The van der Waals surface area contributed by atoms with Gasteiger partial charge < -0.3 is 5.32 Å². The summed E-state index contributed by atoms with van der Waals surface area (Å²) >= 11 is 3.49. The highest BCUT2D eigenvalue weighted by atomic mass is 79.9. The molecule has 19 heavy (non-hydrogen) atoms. The lowest BCUT2D eigenvalue weighted by atomic mass is 10.1. The van der Waals surface area contributed by atoms with Crippen LogP contribution in [0.1, 0.15) is 17.5 Å². The van der Waals surface area contributed by atoms with E-state index in [1.54, 1.807) is 0 Å². The van der Waals surface area contributed by atoms with E-state index in [0.717, 1.165) is 22.0 Å². The molecule has 0 fully saturated rings. The number of rotatable bonds is 5. The molecule has 1 amide bonds. The van der Waals surface area contributed by atoms with Gasteiger partial charge in [-0.1, -0.05) is 64.5 Å². The second-order valence-corrected chi connectivity index (χ2v) is 5.21. The monoisotopic (exact) mass is 317 g/mol. The quantitative estimate of drug-likeness (QED) is 0.895. The first-order valence-electron chi connectivity index (χ1n) is 6.30. The fourth-order valence-corrected chi connectivity index (χ4v) is 2.32. The van der Waals surface area contributed by atoms with Crippen molar-refractivity contribution in [1.82, 2.24) is 5.32 Å². The Kier molecular flexibility index (Phi) is 5.16. The molecule has 0 aliphatic carbocycles. The second-order valence-electron chi connectivity index (χ2n) is 4.35. The van der Waals surface area contributed by atoms with Crippen molar-refractivity contribution in [2.24, 2.45) is 0 Å². The van der Waals surface area contributed by atoms with Gasteiger partial charge in [0.2, 0.25) is 5.91 Å². The predicted octanol–water partition coefficient (Wildman–Crippen LogP) is 3.70. The minimum atomic E-state index is 0.0830. The van der Waals surface area contributed by atoms with Crippen LogP contribution in [-0.4, -0.2) is 5.91 Å². The standard InChI is InChI=1S/C16H16BrNO/c17-15-9-5-4-8-14(15)10-11-16(19)18-12-13-6-2-1-3-7-13/h1-9H,10-12H2,(H,18,19). The molecule has 0 aromatic heterocycles. The predicted molar refractivity (Wildman–Crippen MR) is 80.8 cm³/mol. The number of hydrogen-bond donors (Lipinski definition) is 1. The number of benzene rings is 2. The van der Waals surface area contributed by atoms with Crippen LogP contribution in [0.5, 0.6) is 0 Å². The Morgan fingerprint density at radius 3 is 2.42 bits per heavy atom. The molecule has 0 aliphatic heterocycles. The molecule has 0 aliphatic rings. The lowest BCUT2D eigenvalue weighted by Gasteiger charge is -2.06. The third-order valence-electron chi connectivity index (χ3n) is 2.91. The number of carbonyl (C=O) groups is 1. The molecule has 98 valence electrons. The van der Waals surface area contributed by atoms with Gasteiger partial charge in [0.25, 0.3) is 0 Å². The van der Waals surface area contributed by atoms with Crippen LogP contribution in [0.25, 0.3) is 0 Å². The van der Waals surface area contributed by atoms with Gasteiger partial charge in [0.05, 0.1) is 0 Å². The summed E-state index contributed by atoms with van der Waals surface area (Å²) < 4.78 is 1.06. The highest BCUT2D eigenvalue weighted by Crippen LogP contribution is 2.17. The fraction of sp³-hybridized carbons (Fsp3) is 0.188. The number of aryl methyl sites for hydroxylation is 1. The maximum Gasteiger partial charge on any atom is 0.220 e. The topological polar surface area (TPSA) is 29.1 Å². The van der Waals surface area contributed by atoms with Crippen LogP contribution < -0.4 is 5.32 Å². The minimum Gasteiger partial charge on any atom is -0.352 e. The first-order valence-corrected chi connectivity index (χ1v) is 7.09. The average molecular weight is 318 g/mol. The van der Waals surface area contributed by atoms with Crippen LogP contribution in [0.2, 0.25) is 0 Å². The number of hydrogen-bond acceptors (Lipinski definition) is 1. The van der Waals surface area contributed by atoms with E-state index in [0.29, 0.717) is 13.0 Å². The molecule has 0 unspecified atom stereocenters. The van der Waals surface area contributed by atoms with E-state index in [9.17, 15) is 4.79 Å². The number of nitrogens with one attached hydrogen (secondary N) is 1. The molecule has 2 aromatic rings. The highest BCUT2D eigenvalue weighted by molar-refractivity contribution is 9.10. The van der Waals surface area contributed by atoms with Crippen molar-refractivity contribution in [3.8, 4) is 0 Å². The van der Waals surface area contributed by atoms with Gasteiger partial charge in [-0.05, 0) is 23.6 Å². The second kappa shape index (κ2) is 7.10. The summed E-state index contributed by atoms with van der Waals surface area (Å²) in [6, 6.07) is 17.9. The molecule has 0 bridgehead atoms. The summed E-state index contributed by atoms with van der Waals surface area (Å²) in [7, 11) is 0. The van der Waals surface area contributed by atoms with E-state index >= 15 is 0 Å². The molecular weight excluding hydrogens is 302 g/mol. The third-order valence-corrected chi connectivity index (χ3v) is 3.69. The van der Waals surface area contributed by atoms with E-state index in [4.69, 9.17) is 0 Å². The molecule has 3 heteroatoms. The zero-order valence-electron chi connectivity index (χ0n) is 10.6. The number of carbonyl (C=O) groups excluding carboxylic acids is 1. The smallest absolute Gasteiger partial charge is 0.220 e. The summed E-state index contributed by atoms with van der Waals surface area (Å²) in [5.41, 5.74) is 2.29.